The van der Waals surface area contributed by atoms with E-state index in [4.69, 9.17) is 6.92 Å². The third kappa shape index (κ3) is 2.98. The predicted molar refractivity (Wildman–Crippen MR) is 73.2 cm³/mol. The van der Waals surface area contributed by atoms with Crippen LogP contribution in [0.4, 0.5) is 5.69 Å². The van der Waals surface area contributed by atoms with Gasteiger partial charge in [0.25, 0.3) is 0 Å². The number of carbonyl (C=O) groups is 1. The van der Waals surface area contributed by atoms with E-state index in [1.54, 1.807) is 11.8 Å². The van der Waals surface area contributed by atoms with Crippen LogP contribution in [0, 0.1) is 6.92 Å². The van der Waals surface area contributed by atoms with Gasteiger partial charge in [-0.3, -0.25) is 4.79 Å². The van der Waals surface area contributed by atoms with Crippen LogP contribution in [0.1, 0.15) is 18.1 Å². The van der Waals surface area contributed by atoms with Crippen molar-refractivity contribution in [2.75, 3.05) is 4.90 Å². The molecule has 0 spiro atoms. The molecular formula is C16H15NO. The molecule has 0 aliphatic rings. The van der Waals surface area contributed by atoms with Crippen LogP contribution in [0.2, 0.25) is 0 Å². The van der Waals surface area contributed by atoms with Crippen LogP contribution in [0.25, 0.3) is 0 Å². The van der Waals surface area contributed by atoms with Crippen molar-refractivity contribution in [1.29, 1.82) is 0 Å². The zero-order valence-corrected chi connectivity index (χ0v) is 10.3. The Hall–Kier alpha value is -2.09. The quantitative estimate of drug-likeness (QED) is 0.802. The van der Waals surface area contributed by atoms with E-state index in [2.05, 4.69) is 0 Å². The molecule has 2 heteroatoms. The minimum atomic E-state index is 0.00412. The molecule has 0 bridgehead atoms. The zero-order chi connectivity index (χ0) is 13.0. The van der Waals surface area contributed by atoms with E-state index in [1.165, 1.54) is 0 Å². The Morgan fingerprint density at radius 1 is 1.11 bits per heavy atom. The SMILES string of the molecule is [CH]c1cccc(N(Cc2ccccc2)C(C)=O)c1. The summed E-state index contributed by atoms with van der Waals surface area (Å²) >= 11 is 0. The summed E-state index contributed by atoms with van der Waals surface area (Å²) in [6, 6.07) is 17.3. The van der Waals surface area contributed by atoms with Crippen molar-refractivity contribution < 1.29 is 4.79 Å². The van der Waals surface area contributed by atoms with Crippen molar-refractivity contribution >= 4 is 11.6 Å². The van der Waals surface area contributed by atoms with Crippen LogP contribution < -0.4 is 4.90 Å². The Morgan fingerprint density at radius 2 is 1.83 bits per heavy atom. The highest BCUT2D eigenvalue weighted by molar-refractivity contribution is 5.91. The summed E-state index contributed by atoms with van der Waals surface area (Å²) in [5.41, 5.74) is 2.58. The summed E-state index contributed by atoms with van der Waals surface area (Å²) in [6.45, 7) is 7.87. The lowest BCUT2D eigenvalue weighted by atomic mass is 10.1. The first-order valence-corrected chi connectivity index (χ1v) is 5.84. The largest absolute Gasteiger partial charge is 0.308 e. The van der Waals surface area contributed by atoms with Crippen LogP contribution in [-0.2, 0) is 11.3 Å². The molecular weight excluding hydrogens is 222 g/mol. The Kier molecular flexibility index (Phi) is 3.78. The number of hydrogen-bond acceptors (Lipinski definition) is 1. The maximum absolute atomic E-state index is 11.7. The minimum Gasteiger partial charge on any atom is -0.308 e. The van der Waals surface area contributed by atoms with E-state index in [0.717, 1.165) is 11.3 Å². The van der Waals surface area contributed by atoms with Gasteiger partial charge < -0.3 is 4.90 Å². The molecule has 0 fully saturated rings. The summed E-state index contributed by atoms with van der Waals surface area (Å²) in [5, 5.41) is 0. The summed E-state index contributed by atoms with van der Waals surface area (Å²) in [4.78, 5) is 13.5. The molecule has 0 atom stereocenters. The lowest BCUT2D eigenvalue weighted by Crippen LogP contribution is -2.27. The normalized spacial score (nSPS) is 10.1. The van der Waals surface area contributed by atoms with Gasteiger partial charge in [-0.25, -0.2) is 0 Å². The maximum Gasteiger partial charge on any atom is 0.224 e. The summed E-state index contributed by atoms with van der Waals surface area (Å²) < 4.78 is 0. The van der Waals surface area contributed by atoms with E-state index in [1.807, 2.05) is 54.6 Å². The van der Waals surface area contributed by atoms with Crippen molar-refractivity contribution in [3.63, 3.8) is 0 Å². The third-order valence-corrected chi connectivity index (χ3v) is 2.75. The summed E-state index contributed by atoms with van der Waals surface area (Å²) in [7, 11) is 0. The van der Waals surface area contributed by atoms with Gasteiger partial charge in [0.2, 0.25) is 5.91 Å². The first kappa shape index (κ1) is 12.4. The highest BCUT2D eigenvalue weighted by Gasteiger charge is 2.11. The van der Waals surface area contributed by atoms with E-state index >= 15 is 0 Å². The molecule has 90 valence electrons. The van der Waals surface area contributed by atoms with Crippen molar-refractivity contribution in [3.05, 3.63) is 72.6 Å². The molecule has 0 saturated carbocycles. The number of benzene rings is 2. The smallest absolute Gasteiger partial charge is 0.224 e. The average Bonchev–Trinajstić information content (AvgIpc) is 2.37. The van der Waals surface area contributed by atoms with Crippen LogP contribution in [-0.4, -0.2) is 5.91 Å². The number of hydrogen-bond donors (Lipinski definition) is 0. The van der Waals surface area contributed by atoms with Gasteiger partial charge in [0.15, 0.2) is 0 Å². The van der Waals surface area contributed by atoms with Gasteiger partial charge in [-0.05, 0) is 30.2 Å². The standard InChI is InChI=1S/C16H15NO/c1-13-7-6-10-16(11-13)17(14(2)18)12-15-8-4-3-5-9-15/h1,3-11H,12H2,2H3. The van der Waals surface area contributed by atoms with Gasteiger partial charge >= 0.3 is 0 Å². The second kappa shape index (κ2) is 5.50. The molecule has 2 rings (SSSR count). The van der Waals surface area contributed by atoms with E-state index in [0.29, 0.717) is 12.1 Å². The molecule has 18 heavy (non-hydrogen) atoms. The predicted octanol–water partition coefficient (Wildman–Crippen LogP) is 3.30. The van der Waals surface area contributed by atoms with Gasteiger partial charge in [0.05, 0.1) is 6.54 Å². The Bertz CT molecular complexity index is 534. The van der Waals surface area contributed by atoms with Crippen molar-refractivity contribution in [3.8, 4) is 0 Å². The number of amides is 1. The summed E-state index contributed by atoms with van der Waals surface area (Å²) in [6.07, 6.45) is 0. The van der Waals surface area contributed by atoms with Crippen LogP contribution >= 0.6 is 0 Å². The van der Waals surface area contributed by atoms with Gasteiger partial charge in [-0.15, -0.1) is 0 Å². The Labute approximate surface area is 108 Å². The van der Waals surface area contributed by atoms with E-state index in [-0.39, 0.29) is 5.91 Å². The molecule has 0 heterocycles. The van der Waals surface area contributed by atoms with Gasteiger partial charge in [0.1, 0.15) is 0 Å². The molecule has 0 saturated heterocycles. The first-order chi connectivity index (χ1) is 8.66. The Balaban J connectivity index is 2.27. The molecule has 2 radical (unpaired) electrons. The van der Waals surface area contributed by atoms with Crippen molar-refractivity contribution in [1.82, 2.24) is 0 Å². The Morgan fingerprint density at radius 3 is 2.44 bits per heavy atom. The zero-order valence-electron chi connectivity index (χ0n) is 10.3. The number of rotatable bonds is 3. The van der Waals surface area contributed by atoms with Gasteiger partial charge in [-0.2, -0.15) is 0 Å². The first-order valence-electron chi connectivity index (χ1n) is 5.84. The fraction of sp³-hybridized carbons (Fsp3) is 0.125. The van der Waals surface area contributed by atoms with Crippen LogP contribution in [0.3, 0.4) is 0 Å². The molecule has 0 N–H and O–H groups in total. The lowest BCUT2D eigenvalue weighted by Gasteiger charge is -2.21. The number of nitrogens with zero attached hydrogens (tertiary/aromatic N) is 1. The highest BCUT2D eigenvalue weighted by atomic mass is 16.2. The molecule has 2 nitrogen and oxygen atoms in total. The molecule has 1 amide bonds. The van der Waals surface area contributed by atoms with E-state index in [9.17, 15) is 4.79 Å². The number of anilines is 1. The van der Waals surface area contributed by atoms with Crippen molar-refractivity contribution in [2.45, 2.75) is 13.5 Å². The third-order valence-electron chi connectivity index (χ3n) is 2.75. The second-order valence-corrected chi connectivity index (χ2v) is 4.19. The molecule has 2 aromatic rings. The topological polar surface area (TPSA) is 20.3 Å². The lowest BCUT2D eigenvalue weighted by molar-refractivity contribution is -0.116. The van der Waals surface area contributed by atoms with Crippen LogP contribution in [0.5, 0.6) is 0 Å². The number of carbonyl (C=O) groups excluding carboxylic acids is 1. The van der Waals surface area contributed by atoms with Gasteiger partial charge in [-0.1, -0.05) is 42.5 Å². The fourth-order valence-electron chi connectivity index (χ4n) is 1.84. The fourth-order valence-corrected chi connectivity index (χ4v) is 1.84. The molecule has 2 aromatic carbocycles. The monoisotopic (exact) mass is 237 g/mol. The van der Waals surface area contributed by atoms with Crippen LogP contribution in [0.15, 0.2) is 54.6 Å². The summed E-state index contributed by atoms with van der Waals surface area (Å²) in [5.74, 6) is 0.00412. The molecule has 0 unspecified atom stereocenters. The second-order valence-electron chi connectivity index (χ2n) is 4.19. The van der Waals surface area contributed by atoms with Crippen molar-refractivity contribution in [2.24, 2.45) is 0 Å². The van der Waals surface area contributed by atoms with E-state index < -0.39 is 0 Å². The molecule has 0 aliphatic heterocycles. The maximum atomic E-state index is 11.7. The average molecular weight is 237 g/mol. The molecule has 0 aliphatic carbocycles. The minimum absolute atomic E-state index is 0.00412. The highest BCUT2D eigenvalue weighted by Crippen LogP contribution is 2.18. The molecule has 0 aromatic heterocycles. The van der Waals surface area contributed by atoms with Gasteiger partial charge in [0, 0.05) is 12.6 Å².